The second-order valence-corrected chi connectivity index (χ2v) is 8.62. The summed E-state index contributed by atoms with van der Waals surface area (Å²) in [6, 6.07) is 5.90. The smallest absolute Gasteiger partial charge is 0.144 e. The Morgan fingerprint density at radius 1 is 1.36 bits per heavy atom. The molecule has 6 heteroatoms. The molecule has 3 rings (SSSR count). The SMILES string of the molecule is CC(C)(C)[S+]([O-])N=Cc1ncn2c1CCc1c(Cl)cccc1-2. The van der Waals surface area contributed by atoms with Crippen LogP contribution in [0.15, 0.2) is 28.9 Å². The zero-order chi connectivity index (χ0) is 15.9. The standard InChI is InChI=1S/C16H18ClN3OS/c1-16(2,3)22(21)19-9-13-15-8-7-11-12(17)5-4-6-14(11)20(15)10-18-13/h4-6,9-10H,7-8H2,1-3H3. The molecule has 1 unspecified atom stereocenters. The number of rotatable bonds is 2. The monoisotopic (exact) mass is 335 g/mol. The highest BCUT2D eigenvalue weighted by molar-refractivity contribution is 7.91. The Hall–Kier alpha value is -1.30. The summed E-state index contributed by atoms with van der Waals surface area (Å²) in [6.45, 7) is 5.71. The van der Waals surface area contributed by atoms with Gasteiger partial charge in [0.15, 0.2) is 0 Å². The summed E-state index contributed by atoms with van der Waals surface area (Å²) in [5.41, 5.74) is 4.08. The van der Waals surface area contributed by atoms with E-state index in [1.807, 2.05) is 43.5 Å². The van der Waals surface area contributed by atoms with Gasteiger partial charge >= 0.3 is 0 Å². The van der Waals surface area contributed by atoms with Crippen LogP contribution >= 0.6 is 11.6 Å². The maximum atomic E-state index is 12.0. The van der Waals surface area contributed by atoms with Gasteiger partial charge in [-0.1, -0.05) is 22.1 Å². The summed E-state index contributed by atoms with van der Waals surface area (Å²) in [5.74, 6) is 0. The van der Waals surface area contributed by atoms with Crippen LogP contribution < -0.4 is 0 Å². The maximum Gasteiger partial charge on any atom is 0.144 e. The van der Waals surface area contributed by atoms with Crippen LogP contribution in [0.1, 0.15) is 37.7 Å². The molecular formula is C16H18ClN3OS. The fourth-order valence-electron chi connectivity index (χ4n) is 2.47. The number of fused-ring (bicyclic) bond motifs is 3. The van der Waals surface area contributed by atoms with Gasteiger partial charge in [-0.2, -0.15) is 0 Å². The zero-order valence-corrected chi connectivity index (χ0v) is 14.4. The van der Waals surface area contributed by atoms with Crippen LogP contribution in [0.25, 0.3) is 5.69 Å². The minimum atomic E-state index is -1.27. The minimum absolute atomic E-state index is 0.365. The summed E-state index contributed by atoms with van der Waals surface area (Å²) in [5, 5.41) is 0.793. The van der Waals surface area contributed by atoms with E-state index in [2.05, 4.69) is 9.38 Å². The van der Waals surface area contributed by atoms with Crippen molar-refractivity contribution in [3.8, 4) is 5.69 Å². The highest BCUT2D eigenvalue weighted by Gasteiger charge is 2.26. The van der Waals surface area contributed by atoms with Gasteiger partial charge in [0.05, 0.1) is 11.4 Å². The summed E-state index contributed by atoms with van der Waals surface area (Å²) in [7, 11) is 0. The largest absolute Gasteiger partial charge is 0.591 e. The highest BCUT2D eigenvalue weighted by Crippen LogP contribution is 2.31. The third kappa shape index (κ3) is 2.81. The van der Waals surface area contributed by atoms with E-state index in [4.69, 9.17) is 11.6 Å². The molecule has 0 saturated carbocycles. The van der Waals surface area contributed by atoms with Crippen LogP contribution in [0, 0.1) is 0 Å². The average Bonchev–Trinajstić information content (AvgIpc) is 2.87. The number of aromatic nitrogens is 2. The lowest BCUT2D eigenvalue weighted by atomic mass is 10.0. The van der Waals surface area contributed by atoms with E-state index in [9.17, 15) is 4.55 Å². The Kier molecular flexibility index (Phi) is 4.05. The lowest BCUT2D eigenvalue weighted by molar-refractivity contribution is 0.562. The normalized spacial score (nSPS) is 15.7. The minimum Gasteiger partial charge on any atom is -0.591 e. The summed E-state index contributed by atoms with van der Waals surface area (Å²) < 4.78 is 17.9. The average molecular weight is 336 g/mol. The molecule has 1 aromatic carbocycles. The van der Waals surface area contributed by atoms with Crippen molar-refractivity contribution in [2.75, 3.05) is 0 Å². The second-order valence-electron chi connectivity index (χ2n) is 6.28. The molecular weight excluding hydrogens is 318 g/mol. The van der Waals surface area contributed by atoms with Gasteiger partial charge in [0.1, 0.15) is 34.3 Å². The lowest BCUT2D eigenvalue weighted by Crippen LogP contribution is -2.26. The summed E-state index contributed by atoms with van der Waals surface area (Å²) in [4.78, 5) is 4.42. The molecule has 0 amide bonds. The van der Waals surface area contributed by atoms with Crippen LogP contribution in [0.2, 0.25) is 5.02 Å². The molecule has 22 heavy (non-hydrogen) atoms. The first-order chi connectivity index (χ1) is 10.4. The first-order valence-corrected chi connectivity index (χ1v) is 8.66. The fourth-order valence-corrected chi connectivity index (χ4v) is 3.25. The van der Waals surface area contributed by atoms with Crippen molar-refractivity contribution in [1.82, 2.24) is 9.55 Å². The molecule has 0 spiro atoms. The van der Waals surface area contributed by atoms with E-state index in [1.54, 1.807) is 12.5 Å². The molecule has 0 N–H and O–H groups in total. The molecule has 0 fully saturated rings. The molecule has 1 aliphatic rings. The molecule has 1 aliphatic heterocycles. The van der Waals surface area contributed by atoms with Crippen molar-refractivity contribution in [3.63, 3.8) is 0 Å². The molecule has 0 saturated heterocycles. The van der Waals surface area contributed by atoms with Gasteiger partial charge in [-0.15, -0.1) is 0 Å². The number of benzene rings is 1. The molecule has 0 radical (unpaired) electrons. The molecule has 0 aliphatic carbocycles. The summed E-state index contributed by atoms with van der Waals surface area (Å²) >= 11 is 5.00. The van der Waals surface area contributed by atoms with Gasteiger partial charge in [0.25, 0.3) is 0 Å². The van der Waals surface area contributed by atoms with Gasteiger partial charge in [-0.25, -0.2) is 4.98 Å². The van der Waals surface area contributed by atoms with Crippen LogP contribution in [-0.4, -0.2) is 25.1 Å². The molecule has 1 aromatic heterocycles. The number of imidazole rings is 1. The van der Waals surface area contributed by atoms with Crippen molar-refractivity contribution in [2.24, 2.45) is 4.40 Å². The molecule has 2 heterocycles. The van der Waals surface area contributed by atoms with Crippen molar-refractivity contribution < 1.29 is 4.55 Å². The number of nitrogens with zero attached hydrogens (tertiary/aromatic N) is 3. The molecule has 0 bridgehead atoms. The van der Waals surface area contributed by atoms with E-state index < -0.39 is 11.4 Å². The Morgan fingerprint density at radius 2 is 2.14 bits per heavy atom. The number of hydrogen-bond acceptors (Lipinski definition) is 3. The first-order valence-electron chi connectivity index (χ1n) is 7.18. The third-order valence-corrected chi connectivity index (χ3v) is 5.36. The predicted octanol–water partition coefficient (Wildman–Crippen LogP) is 3.51. The Labute approximate surface area is 138 Å². The zero-order valence-electron chi connectivity index (χ0n) is 12.8. The first kappa shape index (κ1) is 15.6. The molecule has 116 valence electrons. The van der Waals surface area contributed by atoms with Gasteiger partial charge in [-0.3, -0.25) is 0 Å². The fraction of sp³-hybridized carbons (Fsp3) is 0.375. The third-order valence-electron chi connectivity index (χ3n) is 3.66. The van der Waals surface area contributed by atoms with Crippen LogP contribution in [-0.2, 0) is 24.2 Å². The van der Waals surface area contributed by atoms with Gasteiger partial charge in [0.2, 0.25) is 0 Å². The Bertz CT molecular complexity index is 733. The molecule has 2 aromatic rings. The van der Waals surface area contributed by atoms with Crippen LogP contribution in [0.4, 0.5) is 0 Å². The van der Waals surface area contributed by atoms with Crippen molar-refractivity contribution in [1.29, 1.82) is 0 Å². The number of hydrogen-bond donors (Lipinski definition) is 0. The van der Waals surface area contributed by atoms with Crippen molar-refractivity contribution >= 4 is 29.2 Å². The van der Waals surface area contributed by atoms with Gasteiger partial charge in [0, 0.05) is 5.02 Å². The number of halogens is 1. The maximum absolute atomic E-state index is 12.0. The highest BCUT2D eigenvalue weighted by atomic mass is 35.5. The summed E-state index contributed by atoms with van der Waals surface area (Å²) in [6.07, 6.45) is 5.14. The van der Waals surface area contributed by atoms with E-state index in [1.165, 1.54) is 0 Å². The Balaban J connectivity index is 1.95. The van der Waals surface area contributed by atoms with E-state index >= 15 is 0 Å². The van der Waals surface area contributed by atoms with E-state index in [0.717, 1.165) is 40.5 Å². The quantitative estimate of drug-likeness (QED) is 0.623. The van der Waals surface area contributed by atoms with Crippen LogP contribution in [0.5, 0.6) is 0 Å². The van der Waals surface area contributed by atoms with E-state index in [-0.39, 0.29) is 4.75 Å². The molecule has 4 nitrogen and oxygen atoms in total. The lowest BCUT2D eigenvalue weighted by Gasteiger charge is -2.20. The van der Waals surface area contributed by atoms with E-state index in [0.29, 0.717) is 0 Å². The second kappa shape index (κ2) is 5.72. The Morgan fingerprint density at radius 3 is 2.86 bits per heavy atom. The molecule has 1 atom stereocenters. The van der Waals surface area contributed by atoms with Crippen molar-refractivity contribution in [3.05, 3.63) is 46.5 Å². The van der Waals surface area contributed by atoms with Crippen molar-refractivity contribution in [2.45, 2.75) is 38.4 Å². The predicted molar refractivity (Wildman–Crippen MR) is 91.5 cm³/mol. The van der Waals surface area contributed by atoms with Gasteiger partial charge in [-0.05, 0) is 51.3 Å². The van der Waals surface area contributed by atoms with Crippen LogP contribution in [0.3, 0.4) is 0 Å². The van der Waals surface area contributed by atoms with Gasteiger partial charge < -0.3 is 9.12 Å². The topological polar surface area (TPSA) is 53.2 Å².